The lowest BCUT2D eigenvalue weighted by Gasteiger charge is -2.28. The van der Waals surface area contributed by atoms with Gasteiger partial charge in [0.2, 0.25) is 0 Å². The topological polar surface area (TPSA) is 12.0 Å². The molecule has 3 atom stereocenters. The molecule has 1 aliphatic heterocycles. The number of fused-ring (bicyclic) bond motifs is 1. The summed E-state index contributed by atoms with van der Waals surface area (Å²) in [4.78, 5) is 0. The number of rotatable bonds is 0. The molecular weight excluding hydrogens is 142 g/mol. The summed E-state index contributed by atoms with van der Waals surface area (Å²) in [6, 6.07) is 0.862. The second kappa shape index (κ2) is 2.74. The highest BCUT2D eigenvalue weighted by Crippen LogP contribution is 2.35. The molecule has 3 unspecified atom stereocenters. The largest absolute Gasteiger partial charge is 0.304 e. The molecule has 0 bridgehead atoms. The van der Waals surface area contributed by atoms with E-state index in [1.165, 1.54) is 25.1 Å². The van der Waals surface area contributed by atoms with E-state index in [1.807, 2.05) is 0 Å². The van der Waals surface area contributed by atoms with Gasteiger partial charge in [0.15, 0.2) is 0 Å². The van der Waals surface area contributed by atoms with Crippen LogP contribution in [0.2, 0.25) is 0 Å². The average Bonchev–Trinajstić information content (AvgIpc) is 2.33. The maximum atomic E-state index is 3.54. The van der Waals surface area contributed by atoms with Crippen LogP contribution < -0.4 is 5.32 Å². The molecule has 1 saturated heterocycles. The lowest BCUT2D eigenvalue weighted by atomic mass is 9.87. The van der Waals surface area contributed by atoms with Crippen molar-refractivity contribution in [3.63, 3.8) is 0 Å². The molecule has 2 rings (SSSR count). The van der Waals surface area contributed by atoms with Gasteiger partial charge in [-0.2, -0.15) is 0 Å². The van der Waals surface area contributed by atoms with Gasteiger partial charge < -0.3 is 5.32 Å². The zero-order valence-corrected chi connectivity index (χ0v) is 7.29. The molecule has 1 heterocycles. The molecule has 1 aliphatic carbocycles. The lowest BCUT2D eigenvalue weighted by molar-refractivity contribution is 0.338. The molecule has 2 heteroatoms. The lowest BCUT2D eigenvalue weighted by Crippen LogP contribution is -2.34. The van der Waals surface area contributed by atoms with Crippen molar-refractivity contribution in [3.8, 4) is 0 Å². The summed E-state index contributed by atoms with van der Waals surface area (Å²) in [5, 5.41) is 4.49. The van der Waals surface area contributed by atoms with E-state index in [-0.39, 0.29) is 0 Å². The Morgan fingerprint density at radius 1 is 1.40 bits per heavy atom. The number of hydrogen-bond acceptors (Lipinski definition) is 2. The molecule has 1 nitrogen and oxygen atoms in total. The van der Waals surface area contributed by atoms with Gasteiger partial charge in [0.05, 0.1) is 0 Å². The maximum Gasteiger partial charge on any atom is 0.0423 e. The average molecular weight is 157 g/mol. The molecule has 2 fully saturated rings. The molecule has 10 heavy (non-hydrogen) atoms. The Kier molecular flexibility index (Phi) is 1.92. The van der Waals surface area contributed by atoms with Crippen LogP contribution in [-0.4, -0.2) is 17.2 Å². The van der Waals surface area contributed by atoms with E-state index in [1.54, 1.807) is 0 Å². The minimum absolute atomic E-state index is 0.862. The van der Waals surface area contributed by atoms with Crippen LogP contribution in [-0.2, 0) is 0 Å². The molecule has 0 aromatic heterocycles. The van der Waals surface area contributed by atoms with Crippen LogP contribution in [0.25, 0.3) is 0 Å². The highest BCUT2D eigenvalue weighted by Gasteiger charge is 2.32. The third-order valence-corrected chi connectivity index (χ3v) is 3.98. The van der Waals surface area contributed by atoms with Gasteiger partial charge in [-0.05, 0) is 25.2 Å². The first kappa shape index (κ1) is 6.99. The molecule has 58 valence electrons. The summed E-state index contributed by atoms with van der Waals surface area (Å²) in [6.07, 6.45) is 4.30. The second-order valence-electron chi connectivity index (χ2n) is 3.58. The fraction of sp³-hybridized carbons (Fsp3) is 1.00. The van der Waals surface area contributed by atoms with Crippen LogP contribution in [0, 0.1) is 5.92 Å². The summed E-state index contributed by atoms with van der Waals surface area (Å²) in [7, 11) is 0. The molecule has 0 amide bonds. The van der Waals surface area contributed by atoms with Crippen LogP contribution in [0.4, 0.5) is 0 Å². The minimum Gasteiger partial charge on any atom is -0.304 e. The Balaban J connectivity index is 1.96. The predicted octanol–water partition coefficient (Wildman–Crippen LogP) is 1.84. The van der Waals surface area contributed by atoms with E-state index in [0.717, 1.165) is 17.2 Å². The zero-order valence-electron chi connectivity index (χ0n) is 6.47. The smallest absolute Gasteiger partial charge is 0.0423 e. The van der Waals surface area contributed by atoms with Crippen molar-refractivity contribution in [2.45, 2.75) is 37.5 Å². The van der Waals surface area contributed by atoms with Gasteiger partial charge in [-0.15, -0.1) is 11.8 Å². The van der Waals surface area contributed by atoms with Gasteiger partial charge in [0, 0.05) is 17.2 Å². The fourth-order valence-corrected chi connectivity index (χ4v) is 3.46. The maximum absolute atomic E-state index is 3.54. The second-order valence-corrected chi connectivity index (χ2v) is 4.81. The van der Waals surface area contributed by atoms with Crippen molar-refractivity contribution >= 4 is 11.8 Å². The first-order valence-electron chi connectivity index (χ1n) is 4.21. The molecule has 0 aromatic carbocycles. The SMILES string of the molecule is CC1CCC2NCSC2C1. The molecule has 1 N–H and O–H groups in total. The Bertz CT molecular complexity index is 126. The van der Waals surface area contributed by atoms with Crippen molar-refractivity contribution < 1.29 is 0 Å². The third-order valence-electron chi connectivity index (χ3n) is 2.70. The summed E-state index contributed by atoms with van der Waals surface area (Å²) in [6.45, 7) is 2.38. The normalized spacial score (nSPS) is 47.1. The molecule has 0 spiro atoms. The van der Waals surface area contributed by atoms with Gasteiger partial charge in [-0.25, -0.2) is 0 Å². The fourth-order valence-electron chi connectivity index (χ4n) is 2.01. The monoisotopic (exact) mass is 157 g/mol. The minimum atomic E-state index is 0.862. The summed E-state index contributed by atoms with van der Waals surface area (Å²) in [5.74, 6) is 2.18. The Morgan fingerprint density at radius 2 is 2.30 bits per heavy atom. The Labute approximate surface area is 67.0 Å². The molecule has 1 saturated carbocycles. The number of thioether (sulfide) groups is 1. The van der Waals surface area contributed by atoms with E-state index in [2.05, 4.69) is 24.0 Å². The van der Waals surface area contributed by atoms with E-state index in [0.29, 0.717) is 0 Å². The van der Waals surface area contributed by atoms with Gasteiger partial charge in [0.1, 0.15) is 0 Å². The van der Waals surface area contributed by atoms with Gasteiger partial charge >= 0.3 is 0 Å². The van der Waals surface area contributed by atoms with Crippen LogP contribution >= 0.6 is 11.8 Å². The molecule has 0 radical (unpaired) electrons. The number of hydrogen-bond donors (Lipinski definition) is 1. The first-order valence-corrected chi connectivity index (χ1v) is 5.26. The van der Waals surface area contributed by atoms with Crippen LogP contribution in [0.5, 0.6) is 0 Å². The van der Waals surface area contributed by atoms with E-state index < -0.39 is 0 Å². The van der Waals surface area contributed by atoms with Crippen molar-refractivity contribution in [2.24, 2.45) is 5.92 Å². The predicted molar refractivity (Wildman–Crippen MR) is 46.2 cm³/mol. The van der Waals surface area contributed by atoms with Gasteiger partial charge in [-0.1, -0.05) is 6.92 Å². The van der Waals surface area contributed by atoms with Crippen molar-refractivity contribution in [2.75, 3.05) is 5.88 Å². The van der Waals surface area contributed by atoms with Crippen molar-refractivity contribution in [1.29, 1.82) is 0 Å². The van der Waals surface area contributed by atoms with Crippen LogP contribution in [0.1, 0.15) is 26.2 Å². The number of nitrogens with one attached hydrogen (secondary N) is 1. The van der Waals surface area contributed by atoms with Crippen molar-refractivity contribution in [3.05, 3.63) is 0 Å². The summed E-state index contributed by atoms with van der Waals surface area (Å²) in [5.41, 5.74) is 0. The summed E-state index contributed by atoms with van der Waals surface area (Å²) < 4.78 is 0. The van der Waals surface area contributed by atoms with Gasteiger partial charge in [0.25, 0.3) is 0 Å². The Morgan fingerprint density at radius 3 is 3.20 bits per heavy atom. The van der Waals surface area contributed by atoms with Crippen LogP contribution in [0.15, 0.2) is 0 Å². The van der Waals surface area contributed by atoms with E-state index in [4.69, 9.17) is 0 Å². The third kappa shape index (κ3) is 1.19. The Hall–Kier alpha value is 0.310. The first-order chi connectivity index (χ1) is 4.86. The highest BCUT2D eigenvalue weighted by molar-refractivity contribution is 8.00. The standard InChI is InChI=1S/C8H15NS/c1-6-2-3-7-8(4-6)10-5-9-7/h6-9H,2-5H2,1H3. The molecule has 2 aliphatic rings. The summed E-state index contributed by atoms with van der Waals surface area (Å²) >= 11 is 2.12. The molecule has 0 aromatic rings. The van der Waals surface area contributed by atoms with E-state index >= 15 is 0 Å². The quantitative estimate of drug-likeness (QED) is 0.576. The molecular formula is C8H15NS. The van der Waals surface area contributed by atoms with E-state index in [9.17, 15) is 0 Å². The van der Waals surface area contributed by atoms with Gasteiger partial charge in [-0.3, -0.25) is 0 Å². The van der Waals surface area contributed by atoms with Crippen molar-refractivity contribution in [1.82, 2.24) is 5.32 Å². The van der Waals surface area contributed by atoms with Crippen LogP contribution in [0.3, 0.4) is 0 Å². The highest BCUT2D eigenvalue weighted by atomic mass is 32.2. The zero-order chi connectivity index (χ0) is 6.97.